The molecule has 0 amide bonds. The Morgan fingerprint density at radius 1 is 1.30 bits per heavy atom. The van der Waals surface area contributed by atoms with Crippen molar-refractivity contribution in [2.24, 2.45) is 5.11 Å². The summed E-state index contributed by atoms with van der Waals surface area (Å²) in [4.78, 5) is 2.77. The van der Waals surface area contributed by atoms with E-state index in [1.165, 1.54) is 0 Å². The second-order valence-electron chi connectivity index (χ2n) is 3.22. The fourth-order valence-electron chi connectivity index (χ4n) is 0.231. The van der Waals surface area contributed by atoms with E-state index in [2.05, 4.69) is 26.0 Å². The molecule has 58 valence electrons. The second-order valence-corrected chi connectivity index (χ2v) is 5.20. The maximum Gasteiger partial charge on any atom is 0.0579 e. The summed E-state index contributed by atoms with van der Waals surface area (Å²) in [6.07, 6.45) is 0. The molecule has 0 fully saturated rings. The highest BCUT2D eigenvalue weighted by Crippen LogP contribution is 2.33. The average Bonchev–Trinajstić information content (AvgIpc) is 1.61. The lowest BCUT2D eigenvalue weighted by atomic mass is 9.92. The molecule has 0 saturated carbocycles. The van der Waals surface area contributed by atoms with Crippen LogP contribution in [0.5, 0.6) is 0 Å². The van der Waals surface area contributed by atoms with Gasteiger partial charge in [0.25, 0.3) is 0 Å². The third kappa shape index (κ3) is 2.20. The van der Waals surface area contributed by atoms with Crippen molar-refractivity contribution < 1.29 is 0 Å². The van der Waals surface area contributed by atoms with Gasteiger partial charge in [-0.2, -0.15) is 0 Å². The first kappa shape index (κ1) is 9.79. The number of hydrogen-bond donors (Lipinski definition) is 0. The Morgan fingerprint density at radius 3 is 1.80 bits per heavy atom. The van der Waals surface area contributed by atoms with Gasteiger partial charge in [-0.05, 0) is 19.4 Å². The molecule has 0 aromatic rings. The van der Waals surface area contributed by atoms with Gasteiger partial charge in [-0.1, -0.05) is 34.9 Å². The minimum atomic E-state index is -0.387. The summed E-state index contributed by atoms with van der Waals surface area (Å²) in [5, 5.41) is 3.66. The van der Waals surface area contributed by atoms with Crippen LogP contribution in [0.3, 0.4) is 0 Å². The van der Waals surface area contributed by atoms with Crippen molar-refractivity contribution in [3.05, 3.63) is 10.4 Å². The molecule has 0 spiro atoms. The lowest BCUT2D eigenvalue weighted by molar-refractivity contribution is 0.419. The van der Waals surface area contributed by atoms with E-state index in [0.717, 1.165) is 0 Å². The minimum absolute atomic E-state index is 0.160. The first-order chi connectivity index (χ1) is 4.31. The molecule has 0 bridgehead atoms. The summed E-state index contributed by atoms with van der Waals surface area (Å²) in [5.41, 5.74) is 7.82. The molecule has 4 heteroatoms. The molecule has 0 radical (unpaired) electrons. The summed E-state index contributed by atoms with van der Waals surface area (Å²) >= 11 is 3.44. The molecule has 0 N–H and O–H groups in total. The van der Waals surface area contributed by atoms with Gasteiger partial charge in [-0.15, -0.1) is 0 Å². The molecular weight excluding hydrogens is 194 g/mol. The Morgan fingerprint density at radius 2 is 1.70 bits per heavy atom. The van der Waals surface area contributed by atoms with Gasteiger partial charge in [0.1, 0.15) is 0 Å². The minimum Gasteiger partial charge on any atom is -0.0864 e. The Hall–Kier alpha value is -0.210. The van der Waals surface area contributed by atoms with Crippen molar-refractivity contribution in [1.82, 2.24) is 0 Å². The first-order valence-electron chi connectivity index (χ1n) is 3.06. The highest BCUT2D eigenvalue weighted by molar-refractivity contribution is 9.10. The third-order valence-corrected chi connectivity index (χ3v) is 2.72. The van der Waals surface area contributed by atoms with Crippen LogP contribution in [0, 0.1) is 0 Å². The van der Waals surface area contributed by atoms with Crippen LogP contribution in [0.25, 0.3) is 10.4 Å². The summed E-state index contributed by atoms with van der Waals surface area (Å²) in [7, 11) is 0. The van der Waals surface area contributed by atoms with Crippen molar-refractivity contribution in [1.29, 1.82) is 0 Å². The van der Waals surface area contributed by atoms with Crippen LogP contribution in [0.1, 0.15) is 27.7 Å². The van der Waals surface area contributed by atoms with E-state index in [1.807, 2.05) is 27.7 Å². The van der Waals surface area contributed by atoms with Crippen molar-refractivity contribution in [2.75, 3.05) is 0 Å². The number of hydrogen-bond acceptors (Lipinski definition) is 1. The summed E-state index contributed by atoms with van der Waals surface area (Å²) in [6, 6.07) is 0. The van der Waals surface area contributed by atoms with E-state index in [-0.39, 0.29) is 9.86 Å². The SMILES string of the molecule is CC(C)(Br)C(C)(C)N=[N+]=[N-]. The van der Waals surface area contributed by atoms with E-state index in [9.17, 15) is 0 Å². The number of halogens is 1. The maximum absolute atomic E-state index is 8.20. The zero-order chi connectivity index (χ0) is 8.41. The van der Waals surface area contributed by atoms with E-state index >= 15 is 0 Å². The molecule has 0 aliphatic heterocycles. The zero-order valence-electron chi connectivity index (χ0n) is 6.72. The maximum atomic E-state index is 8.20. The topological polar surface area (TPSA) is 48.8 Å². The van der Waals surface area contributed by atoms with E-state index < -0.39 is 0 Å². The largest absolute Gasteiger partial charge is 0.0864 e. The van der Waals surface area contributed by atoms with Gasteiger partial charge in [-0.3, -0.25) is 0 Å². The van der Waals surface area contributed by atoms with Gasteiger partial charge in [0.05, 0.1) is 5.54 Å². The van der Waals surface area contributed by atoms with Crippen LogP contribution in [0.4, 0.5) is 0 Å². The van der Waals surface area contributed by atoms with Gasteiger partial charge in [0, 0.05) is 9.24 Å². The predicted octanol–water partition coefficient (Wildman–Crippen LogP) is 3.25. The normalized spacial score (nSPS) is 12.5. The fourth-order valence-corrected chi connectivity index (χ4v) is 0.310. The van der Waals surface area contributed by atoms with Crippen LogP contribution in [0.2, 0.25) is 0 Å². The zero-order valence-corrected chi connectivity index (χ0v) is 8.31. The van der Waals surface area contributed by atoms with Gasteiger partial charge >= 0.3 is 0 Å². The highest BCUT2D eigenvalue weighted by Gasteiger charge is 2.33. The molecule has 0 aliphatic rings. The molecule has 0 aromatic heterocycles. The molecule has 0 unspecified atom stereocenters. The number of azide groups is 1. The first-order valence-corrected chi connectivity index (χ1v) is 3.86. The molecule has 0 atom stereocenters. The van der Waals surface area contributed by atoms with Gasteiger partial charge in [-0.25, -0.2) is 0 Å². The molecule has 10 heavy (non-hydrogen) atoms. The average molecular weight is 206 g/mol. The Labute approximate surface area is 69.6 Å². The molecular formula is C6H12BrN3. The highest BCUT2D eigenvalue weighted by atomic mass is 79.9. The van der Waals surface area contributed by atoms with Gasteiger partial charge in [0.15, 0.2) is 0 Å². The third-order valence-electron chi connectivity index (χ3n) is 1.75. The van der Waals surface area contributed by atoms with Gasteiger partial charge in [0.2, 0.25) is 0 Å². The van der Waals surface area contributed by atoms with Crippen molar-refractivity contribution in [3.8, 4) is 0 Å². The lowest BCUT2D eigenvalue weighted by Gasteiger charge is -2.31. The molecule has 0 rings (SSSR count). The molecule has 0 aliphatic carbocycles. The lowest BCUT2D eigenvalue weighted by Crippen LogP contribution is -2.37. The van der Waals surface area contributed by atoms with E-state index in [1.54, 1.807) is 0 Å². The number of alkyl halides is 1. The summed E-state index contributed by atoms with van der Waals surface area (Å²) in [6.45, 7) is 7.73. The van der Waals surface area contributed by atoms with Crippen LogP contribution >= 0.6 is 15.9 Å². The molecule has 0 saturated heterocycles. The van der Waals surface area contributed by atoms with Crippen LogP contribution in [-0.4, -0.2) is 9.86 Å². The van der Waals surface area contributed by atoms with Crippen LogP contribution < -0.4 is 0 Å². The standard InChI is InChI=1S/C6H12BrN3/c1-5(2,7)6(3,4)9-10-8/h1-4H3. The van der Waals surface area contributed by atoms with Crippen LogP contribution in [0.15, 0.2) is 5.11 Å². The monoisotopic (exact) mass is 205 g/mol. The summed E-state index contributed by atoms with van der Waals surface area (Å²) in [5.74, 6) is 0. The van der Waals surface area contributed by atoms with Gasteiger partial charge < -0.3 is 0 Å². The van der Waals surface area contributed by atoms with Crippen molar-refractivity contribution in [3.63, 3.8) is 0 Å². The van der Waals surface area contributed by atoms with Crippen molar-refractivity contribution >= 4 is 15.9 Å². The number of rotatable bonds is 2. The van der Waals surface area contributed by atoms with E-state index in [0.29, 0.717) is 0 Å². The second kappa shape index (κ2) is 2.81. The Kier molecular flexibility index (Phi) is 2.75. The number of nitrogens with zero attached hydrogens (tertiary/aromatic N) is 3. The predicted molar refractivity (Wildman–Crippen MR) is 46.2 cm³/mol. The fraction of sp³-hybridized carbons (Fsp3) is 1.00. The molecule has 0 aromatic carbocycles. The van der Waals surface area contributed by atoms with Crippen LogP contribution in [-0.2, 0) is 0 Å². The smallest absolute Gasteiger partial charge is 0.0579 e. The molecule has 0 heterocycles. The summed E-state index contributed by atoms with van der Waals surface area (Å²) < 4.78 is -0.160. The Bertz CT molecular complexity index is 162. The van der Waals surface area contributed by atoms with Crippen molar-refractivity contribution in [2.45, 2.75) is 37.6 Å². The molecule has 3 nitrogen and oxygen atoms in total. The van der Waals surface area contributed by atoms with E-state index in [4.69, 9.17) is 5.53 Å². The Balaban J connectivity index is 4.56. The quantitative estimate of drug-likeness (QED) is 0.288.